The summed E-state index contributed by atoms with van der Waals surface area (Å²) in [5, 5.41) is 9.22. The third kappa shape index (κ3) is 3.74. The zero-order chi connectivity index (χ0) is 10.9. The van der Waals surface area contributed by atoms with Crippen LogP contribution in [0.5, 0.6) is 0 Å². The van der Waals surface area contributed by atoms with Gasteiger partial charge >= 0.3 is 5.97 Å². The van der Waals surface area contributed by atoms with Gasteiger partial charge in [0.25, 0.3) is 0 Å². The lowest BCUT2D eigenvalue weighted by atomic mass is 9.97. The highest BCUT2D eigenvalue weighted by molar-refractivity contribution is 5.81. The van der Waals surface area contributed by atoms with Gasteiger partial charge in [-0.1, -0.05) is 0 Å². The number of aliphatic hydroxyl groups is 1. The van der Waals surface area contributed by atoms with Gasteiger partial charge in [-0.15, -0.1) is 0 Å². The van der Waals surface area contributed by atoms with Gasteiger partial charge in [-0.3, -0.25) is 0 Å². The quantitative estimate of drug-likeness (QED) is 0.618. The van der Waals surface area contributed by atoms with Gasteiger partial charge < -0.3 is 15.6 Å². The molecule has 0 saturated carbocycles. The van der Waals surface area contributed by atoms with Crippen molar-refractivity contribution >= 4 is 5.97 Å². The van der Waals surface area contributed by atoms with Crippen LogP contribution in [0.25, 0.3) is 0 Å². The SMILES string of the molecule is CC(O)C(C)(N)C(=O)OC(C)(C)C. The average Bonchev–Trinajstić information content (AvgIpc) is 1.82. The monoisotopic (exact) mass is 189 g/mol. The Morgan fingerprint density at radius 3 is 2.00 bits per heavy atom. The first-order chi connectivity index (χ1) is 5.57. The highest BCUT2D eigenvalue weighted by Gasteiger charge is 2.37. The molecule has 78 valence electrons. The third-order valence-corrected chi connectivity index (χ3v) is 1.71. The van der Waals surface area contributed by atoms with Crippen molar-refractivity contribution in [3.63, 3.8) is 0 Å². The molecule has 0 amide bonds. The van der Waals surface area contributed by atoms with Crippen LogP contribution in [-0.2, 0) is 9.53 Å². The van der Waals surface area contributed by atoms with Gasteiger partial charge in [0.2, 0.25) is 0 Å². The smallest absolute Gasteiger partial charge is 0.329 e. The standard InChI is InChI=1S/C9H19NO3/c1-6(11)9(5,10)7(12)13-8(2,3)4/h6,11H,10H2,1-5H3. The number of carbonyl (C=O) groups excluding carboxylic acids is 1. The Bertz CT molecular complexity index is 192. The minimum Gasteiger partial charge on any atom is -0.459 e. The second-order valence-corrected chi connectivity index (χ2v) is 4.46. The van der Waals surface area contributed by atoms with E-state index >= 15 is 0 Å². The lowest BCUT2D eigenvalue weighted by Gasteiger charge is -2.30. The van der Waals surface area contributed by atoms with Crippen LogP contribution in [0.1, 0.15) is 34.6 Å². The van der Waals surface area contributed by atoms with Crippen LogP contribution >= 0.6 is 0 Å². The summed E-state index contributed by atoms with van der Waals surface area (Å²) in [6, 6.07) is 0. The Morgan fingerprint density at radius 1 is 1.38 bits per heavy atom. The number of rotatable bonds is 2. The first kappa shape index (κ1) is 12.4. The van der Waals surface area contributed by atoms with Crippen molar-refractivity contribution in [1.29, 1.82) is 0 Å². The molecule has 0 aromatic heterocycles. The molecule has 0 aliphatic heterocycles. The molecule has 0 saturated heterocycles. The summed E-state index contributed by atoms with van der Waals surface area (Å²) in [5.74, 6) is -0.588. The minimum atomic E-state index is -1.34. The first-order valence-electron chi connectivity index (χ1n) is 4.28. The molecular formula is C9H19NO3. The number of hydrogen-bond donors (Lipinski definition) is 2. The van der Waals surface area contributed by atoms with Crippen LogP contribution in [-0.4, -0.2) is 28.3 Å². The van der Waals surface area contributed by atoms with Crippen LogP contribution in [0, 0.1) is 0 Å². The molecule has 0 spiro atoms. The molecule has 0 aromatic carbocycles. The molecular weight excluding hydrogens is 170 g/mol. The fourth-order valence-corrected chi connectivity index (χ4v) is 0.559. The van der Waals surface area contributed by atoms with Crippen molar-refractivity contribution in [3.05, 3.63) is 0 Å². The van der Waals surface area contributed by atoms with Crippen LogP contribution in [0.2, 0.25) is 0 Å². The summed E-state index contributed by atoms with van der Waals surface area (Å²) in [6.07, 6.45) is -0.928. The van der Waals surface area contributed by atoms with Crippen molar-refractivity contribution < 1.29 is 14.6 Å². The fraction of sp³-hybridized carbons (Fsp3) is 0.889. The predicted octanol–water partition coefficient (Wildman–Crippen LogP) is 0.426. The molecule has 0 heterocycles. The highest BCUT2D eigenvalue weighted by atomic mass is 16.6. The van der Waals surface area contributed by atoms with Crippen molar-refractivity contribution in [2.75, 3.05) is 0 Å². The maximum absolute atomic E-state index is 11.4. The van der Waals surface area contributed by atoms with E-state index in [1.54, 1.807) is 20.8 Å². The molecule has 0 aliphatic carbocycles. The summed E-state index contributed by atoms with van der Waals surface area (Å²) in [4.78, 5) is 11.4. The number of hydrogen-bond acceptors (Lipinski definition) is 4. The number of carbonyl (C=O) groups is 1. The van der Waals surface area contributed by atoms with Crippen molar-refractivity contribution in [2.24, 2.45) is 5.73 Å². The van der Waals surface area contributed by atoms with E-state index in [-0.39, 0.29) is 0 Å². The Hall–Kier alpha value is -0.610. The average molecular weight is 189 g/mol. The molecule has 4 heteroatoms. The van der Waals surface area contributed by atoms with Crippen molar-refractivity contribution in [3.8, 4) is 0 Å². The molecule has 0 aliphatic rings. The molecule has 0 aromatic rings. The second-order valence-electron chi connectivity index (χ2n) is 4.46. The van der Waals surface area contributed by atoms with E-state index in [9.17, 15) is 9.90 Å². The topological polar surface area (TPSA) is 72.5 Å². The number of ether oxygens (including phenoxy) is 1. The van der Waals surface area contributed by atoms with E-state index in [4.69, 9.17) is 10.5 Å². The van der Waals surface area contributed by atoms with E-state index in [2.05, 4.69) is 0 Å². The van der Waals surface area contributed by atoms with Crippen molar-refractivity contribution in [2.45, 2.75) is 51.9 Å². The minimum absolute atomic E-state index is 0.577. The predicted molar refractivity (Wildman–Crippen MR) is 50.1 cm³/mol. The van der Waals surface area contributed by atoms with E-state index in [0.717, 1.165) is 0 Å². The lowest BCUT2D eigenvalue weighted by Crippen LogP contribution is -2.55. The van der Waals surface area contributed by atoms with Crippen LogP contribution in [0.4, 0.5) is 0 Å². The second kappa shape index (κ2) is 3.64. The molecule has 0 rings (SSSR count). The molecule has 2 atom stereocenters. The van der Waals surface area contributed by atoms with E-state index in [1.807, 2.05) is 0 Å². The summed E-state index contributed by atoms with van der Waals surface area (Å²) >= 11 is 0. The first-order valence-corrected chi connectivity index (χ1v) is 4.28. The molecule has 0 radical (unpaired) electrons. The molecule has 0 bridgehead atoms. The summed E-state index contributed by atoms with van der Waals surface area (Å²) in [5.41, 5.74) is 3.67. The van der Waals surface area contributed by atoms with Gasteiger partial charge in [-0.05, 0) is 34.6 Å². The maximum Gasteiger partial charge on any atom is 0.329 e. The van der Waals surface area contributed by atoms with Crippen LogP contribution in [0.3, 0.4) is 0 Å². The number of nitrogens with two attached hydrogens (primary N) is 1. The zero-order valence-electron chi connectivity index (χ0n) is 8.92. The lowest BCUT2D eigenvalue weighted by molar-refractivity contribution is -0.164. The Labute approximate surface area is 79.1 Å². The van der Waals surface area contributed by atoms with Gasteiger partial charge in [-0.25, -0.2) is 4.79 Å². The zero-order valence-corrected chi connectivity index (χ0v) is 8.92. The molecule has 13 heavy (non-hydrogen) atoms. The molecule has 2 unspecified atom stereocenters. The number of aliphatic hydroxyl groups excluding tert-OH is 1. The van der Waals surface area contributed by atoms with E-state index in [0.29, 0.717) is 0 Å². The summed E-state index contributed by atoms with van der Waals surface area (Å²) in [6.45, 7) is 8.17. The normalized spacial score (nSPS) is 19.0. The Kier molecular flexibility index (Phi) is 3.47. The van der Waals surface area contributed by atoms with E-state index in [1.165, 1.54) is 13.8 Å². The van der Waals surface area contributed by atoms with Gasteiger partial charge in [0.05, 0.1) is 6.10 Å². The maximum atomic E-state index is 11.4. The molecule has 4 nitrogen and oxygen atoms in total. The summed E-state index contributed by atoms with van der Waals surface area (Å²) < 4.78 is 5.04. The number of esters is 1. The molecule has 3 N–H and O–H groups in total. The van der Waals surface area contributed by atoms with Gasteiger partial charge in [-0.2, -0.15) is 0 Å². The van der Waals surface area contributed by atoms with Crippen molar-refractivity contribution in [1.82, 2.24) is 0 Å². The van der Waals surface area contributed by atoms with E-state index < -0.39 is 23.2 Å². The summed E-state index contributed by atoms with van der Waals surface area (Å²) in [7, 11) is 0. The fourth-order valence-electron chi connectivity index (χ4n) is 0.559. The van der Waals surface area contributed by atoms with Gasteiger partial charge in [0, 0.05) is 0 Å². The van der Waals surface area contributed by atoms with Crippen LogP contribution in [0.15, 0.2) is 0 Å². The van der Waals surface area contributed by atoms with Gasteiger partial charge in [0.1, 0.15) is 11.1 Å². The molecule has 0 fully saturated rings. The third-order valence-electron chi connectivity index (χ3n) is 1.71. The Morgan fingerprint density at radius 2 is 1.77 bits per heavy atom. The van der Waals surface area contributed by atoms with Crippen LogP contribution < -0.4 is 5.73 Å². The van der Waals surface area contributed by atoms with Gasteiger partial charge in [0.15, 0.2) is 0 Å². The highest BCUT2D eigenvalue weighted by Crippen LogP contribution is 2.15. The Balaban J connectivity index is 4.44. The largest absolute Gasteiger partial charge is 0.459 e.